The third-order valence-corrected chi connectivity index (χ3v) is 3.44. The van der Waals surface area contributed by atoms with E-state index in [9.17, 15) is 9.59 Å². The average molecular weight is 313 g/mol. The molecule has 0 saturated heterocycles. The lowest BCUT2D eigenvalue weighted by atomic mass is 10.2. The van der Waals surface area contributed by atoms with Gasteiger partial charge in [0.25, 0.3) is 5.56 Å². The van der Waals surface area contributed by atoms with Crippen molar-refractivity contribution in [3.05, 3.63) is 58.8 Å². The second kappa shape index (κ2) is 5.96. The molecule has 118 valence electrons. The van der Waals surface area contributed by atoms with Crippen molar-refractivity contribution in [2.45, 2.75) is 19.5 Å². The Balaban J connectivity index is 1.86. The number of fused-ring (bicyclic) bond motifs is 1. The molecule has 0 radical (unpaired) electrons. The van der Waals surface area contributed by atoms with E-state index in [1.807, 2.05) is 37.3 Å². The summed E-state index contributed by atoms with van der Waals surface area (Å²) in [7, 11) is 0. The van der Waals surface area contributed by atoms with Gasteiger partial charge in [0.15, 0.2) is 5.82 Å². The highest BCUT2D eigenvalue weighted by molar-refractivity contribution is 5.77. The van der Waals surface area contributed by atoms with Crippen molar-refractivity contribution in [2.75, 3.05) is 5.32 Å². The molecular weight excluding hydrogens is 298 g/mol. The third-order valence-electron chi connectivity index (χ3n) is 3.44. The van der Waals surface area contributed by atoms with Crippen molar-refractivity contribution in [2.24, 2.45) is 0 Å². The van der Waals surface area contributed by atoms with Crippen LogP contribution in [-0.2, 0) is 11.3 Å². The number of aliphatic carboxylic acids is 1. The first-order valence-corrected chi connectivity index (χ1v) is 7.07. The number of aromatic nitrogens is 2. The molecule has 0 bridgehead atoms. The van der Waals surface area contributed by atoms with Crippen LogP contribution >= 0.6 is 0 Å². The van der Waals surface area contributed by atoms with Crippen LogP contribution in [0.1, 0.15) is 18.7 Å². The van der Waals surface area contributed by atoms with Gasteiger partial charge in [0.05, 0.1) is 6.04 Å². The molecule has 0 fully saturated rings. The molecule has 3 rings (SSSR count). The first-order chi connectivity index (χ1) is 11.0. The van der Waals surface area contributed by atoms with E-state index in [1.165, 1.54) is 12.4 Å². The highest BCUT2D eigenvalue weighted by Gasteiger charge is 2.15. The molecule has 2 N–H and O–H groups in total. The summed E-state index contributed by atoms with van der Waals surface area (Å²) in [6.45, 7) is 1.43. The molecule has 0 aliphatic carbocycles. The predicted molar refractivity (Wildman–Crippen MR) is 84.4 cm³/mol. The van der Waals surface area contributed by atoms with E-state index in [0.29, 0.717) is 5.76 Å². The second-order valence-corrected chi connectivity index (χ2v) is 5.16. The van der Waals surface area contributed by atoms with Crippen LogP contribution in [0.4, 0.5) is 5.82 Å². The zero-order valence-corrected chi connectivity index (χ0v) is 12.4. The molecule has 0 aliphatic heterocycles. The first-order valence-electron chi connectivity index (χ1n) is 7.07. The molecule has 0 aliphatic rings. The summed E-state index contributed by atoms with van der Waals surface area (Å²) in [5.41, 5.74) is 0.276. The Hall–Kier alpha value is -3.09. The van der Waals surface area contributed by atoms with Gasteiger partial charge >= 0.3 is 5.97 Å². The SMILES string of the molecule is C[C@H](Nc1nccn(CC(=O)O)c1=O)c1cc2ccccc2o1. The van der Waals surface area contributed by atoms with E-state index in [2.05, 4.69) is 10.3 Å². The summed E-state index contributed by atoms with van der Waals surface area (Å²) in [6, 6.07) is 9.22. The minimum absolute atomic E-state index is 0.0849. The minimum Gasteiger partial charge on any atom is -0.480 e. The summed E-state index contributed by atoms with van der Waals surface area (Å²) in [4.78, 5) is 26.9. The van der Waals surface area contributed by atoms with Gasteiger partial charge in [-0.1, -0.05) is 18.2 Å². The number of hydrogen-bond acceptors (Lipinski definition) is 5. The molecule has 0 unspecified atom stereocenters. The lowest BCUT2D eigenvalue weighted by Crippen LogP contribution is -2.27. The molecule has 3 aromatic rings. The first kappa shape index (κ1) is 14.8. The lowest BCUT2D eigenvalue weighted by Gasteiger charge is -2.12. The topological polar surface area (TPSA) is 97.4 Å². The van der Waals surface area contributed by atoms with Gasteiger partial charge in [-0.25, -0.2) is 4.98 Å². The molecule has 7 heteroatoms. The van der Waals surface area contributed by atoms with Crippen molar-refractivity contribution in [3.8, 4) is 0 Å². The van der Waals surface area contributed by atoms with Crippen LogP contribution in [0.3, 0.4) is 0 Å². The maximum absolute atomic E-state index is 12.2. The highest BCUT2D eigenvalue weighted by atomic mass is 16.4. The molecule has 7 nitrogen and oxygen atoms in total. The number of benzene rings is 1. The van der Waals surface area contributed by atoms with Crippen LogP contribution in [0.25, 0.3) is 11.0 Å². The van der Waals surface area contributed by atoms with E-state index in [0.717, 1.165) is 15.5 Å². The monoisotopic (exact) mass is 313 g/mol. The molecule has 23 heavy (non-hydrogen) atoms. The number of carbonyl (C=O) groups is 1. The highest BCUT2D eigenvalue weighted by Crippen LogP contribution is 2.24. The summed E-state index contributed by atoms with van der Waals surface area (Å²) >= 11 is 0. The predicted octanol–water partition coefficient (Wildman–Crippen LogP) is 2.25. The Labute approximate surface area is 131 Å². The summed E-state index contributed by atoms with van der Waals surface area (Å²) in [5.74, 6) is -0.336. The standard InChI is InChI=1S/C16H15N3O4/c1-10(13-8-11-4-2-3-5-12(11)23-13)18-15-16(22)19(7-6-17-15)9-14(20)21/h2-8,10H,9H2,1H3,(H,17,18)(H,20,21)/t10-/m0/s1. The van der Waals surface area contributed by atoms with Crippen molar-refractivity contribution < 1.29 is 14.3 Å². The molecule has 0 amide bonds. The van der Waals surface area contributed by atoms with Gasteiger partial charge < -0.3 is 14.8 Å². The molecule has 1 aromatic carbocycles. The number of rotatable bonds is 5. The van der Waals surface area contributed by atoms with E-state index in [1.54, 1.807) is 0 Å². The number of anilines is 1. The van der Waals surface area contributed by atoms with Crippen LogP contribution < -0.4 is 10.9 Å². The van der Waals surface area contributed by atoms with Gasteiger partial charge in [0.2, 0.25) is 0 Å². The average Bonchev–Trinajstić information content (AvgIpc) is 2.95. The van der Waals surface area contributed by atoms with Gasteiger partial charge in [0, 0.05) is 17.8 Å². The fourth-order valence-electron chi connectivity index (χ4n) is 2.31. The quantitative estimate of drug-likeness (QED) is 0.750. The van der Waals surface area contributed by atoms with Crippen LogP contribution in [0.5, 0.6) is 0 Å². The van der Waals surface area contributed by atoms with Crippen LogP contribution in [0.2, 0.25) is 0 Å². The number of carboxylic acid groups (broad SMARTS) is 1. The Morgan fingerprint density at radius 1 is 1.43 bits per heavy atom. The largest absolute Gasteiger partial charge is 0.480 e. The van der Waals surface area contributed by atoms with E-state index in [-0.39, 0.29) is 11.9 Å². The van der Waals surface area contributed by atoms with Crippen LogP contribution in [0, 0.1) is 0 Å². The summed E-state index contributed by atoms with van der Waals surface area (Å²) in [6.07, 6.45) is 2.73. The van der Waals surface area contributed by atoms with Crippen LogP contribution in [-0.4, -0.2) is 20.6 Å². The van der Waals surface area contributed by atoms with E-state index in [4.69, 9.17) is 9.52 Å². The number of nitrogens with one attached hydrogen (secondary N) is 1. The lowest BCUT2D eigenvalue weighted by molar-refractivity contribution is -0.137. The number of nitrogens with zero attached hydrogens (tertiary/aromatic N) is 2. The molecule has 0 spiro atoms. The van der Waals surface area contributed by atoms with Gasteiger partial charge in [-0.15, -0.1) is 0 Å². The fraction of sp³-hybridized carbons (Fsp3) is 0.188. The van der Waals surface area contributed by atoms with Gasteiger partial charge in [0.1, 0.15) is 17.9 Å². The minimum atomic E-state index is -1.09. The van der Waals surface area contributed by atoms with E-state index >= 15 is 0 Å². The third kappa shape index (κ3) is 3.08. The summed E-state index contributed by atoms with van der Waals surface area (Å²) < 4.78 is 6.83. The zero-order valence-electron chi connectivity index (χ0n) is 12.4. The van der Waals surface area contributed by atoms with Crippen molar-refractivity contribution >= 4 is 22.8 Å². The number of hydrogen-bond donors (Lipinski definition) is 2. The fourth-order valence-corrected chi connectivity index (χ4v) is 2.31. The van der Waals surface area contributed by atoms with Crippen LogP contribution in [0.15, 0.2) is 51.9 Å². The number of furan rings is 1. The van der Waals surface area contributed by atoms with Gasteiger partial charge in [-0.2, -0.15) is 0 Å². The second-order valence-electron chi connectivity index (χ2n) is 5.16. The Morgan fingerprint density at radius 3 is 2.96 bits per heavy atom. The van der Waals surface area contributed by atoms with Crippen molar-refractivity contribution in [1.82, 2.24) is 9.55 Å². The Bertz CT molecular complexity index is 880. The van der Waals surface area contributed by atoms with E-state index < -0.39 is 18.1 Å². The summed E-state index contributed by atoms with van der Waals surface area (Å²) in [5, 5.41) is 12.7. The van der Waals surface area contributed by atoms with Crippen molar-refractivity contribution in [3.63, 3.8) is 0 Å². The normalized spacial score (nSPS) is 12.2. The molecular formula is C16H15N3O4. The number of para-hydroxylation sites is 1. The van der Waals surface area contributed by atoms with Gasteiger partial charge in [-0.3, -0.25) is 14.2 Å². The smallest absolute Gasteiger partial charge is 0.323 e. The Morgan fingerprint density at radius 2 is 2.22 bits per heavy atom. The maximum atomic E-state index is 12.2. The molecule has 1 atom stereocenters. The Kier molecular flexibility index (Phi) is 3.84. The van der Waals surface area contributed by atoms with Gasteiger partial charge in [-0.05, 0) is 19.1 Å². The zero-order chi connectivity index (χ0) is 16.4. The van der Waals surface area contributed by atoms with Crippen molar-refractivity contribution in [1.29, 1.82) is 0 Å². The molecule has 2 aromatic heterocycles. The molecule has 0 saturated carbocycles. The maximum Gasteiger partial charge on any atom is 0.323 e. The molecule has 2 heterocycles. The number of carboxylic acids is 1.